The van der Waals surface area contributed by atoms with Crippen molar-refractivity contribution in [2.24, 2.45) is 23.2 Å². The molecule has 114 valence electrons. The number of alkyl halides is 1. The lowest BCUT2D eigenvalue weighted by Crippen LogP contribution is -2.47. The summed E-state index contributed by atoms with van der Waals surface area (Å²) in [5.41, 5.74) is 0.554. The number of hydrogen-bond donors (Lipinski definition) is 0. The molecule has 0 radical (unpaired) electrons. The minimum atomic E-state index is 0.504. The fourth-order valence-corrected chi connectivity index (χ4v) is 6.35. The number of halogens is 1. The first kappa shape index (κ1) is 12.9. The van der Waals surface area contributed by atoms with Crippen LogP contribution >= 0.6 is 11.6 Å². The molecule has 4 bridgehead atoms. The third-order valence-corrected chi connectivity index (χ3v) is 6.81. The molecule has 0 atom stereocenters. The molecule has 5 aliphatic carbocycles. The van der Waals surface area contributed by atoms with Gasteiger partial charge in [0.2, 0.25) is 0 Å². The van der Waals surface area contributed by atoms with E-state index in [-0.39, 0.29) is 0 Å². The maximum Gasteiger partial charge on any atom is 0.148 e. The van der Waals surface area contributed by atoms with Crippen molar-refractivity contribution in [1.82, 2.24) is 14.8 Å². The van der Waals surface area contributed by atoms with Gasteiger partial charge in [-0.25, -0.2) is 0 Å². The second-order valence-corrected chi connectivity index (χ2v) is 8.63. The molecule has 1 aromatic heterocycles. The van der Waals surface area contributed by atoms with Crippen molar-refractivity contribution in [3.63, 3.8) is 0 Å². The maximum absolute atomic E-state index is 6.07. The Morgan fingerprint density at radius 3 is 2.05 bits per heavy atom. The Morgan fingerprint density at radius 1 is 0.952 bits per heavy atom. The van der Waals surface area contributed by atoms with Gasteiger partial charge in [-0.15, -0.1) is 21.8 Å². The summed E-state index contributed by atoms with van der Waals surface area (Å²) in [5.74, 6) is 5.79. The average molecular weight is 306 g/mol. The van der Waals surface area contributed by atoms with Crippen molar-refractivity contribution in [3.05, 3.63) is 11.6 Å². The summed E-state index contributed by atoms with van der Waals surface area (Å²) in [6.45, 7) is 0. The fourth-order valence-electron chi connectivity index (χ4n) is 6.17. The molecule has 3 nitrogen and oxygen atoms in total. The first-order chi connectivity index (χ1) is 10.2. The monoisotopic (exact) mass is 305 g/mol. The number of rotatable bonds is 4. The van der Waals surface area contributed by atoms with E-state index >= 15 is 0 Å². The third kappa shape index (κ3) is 2.07. The van der Waals surface area contributed by atoms with Gasteiger partial charge in [-0.3, -0.25) is 0 Å². The van der Waals surface area contributed by atoms with Gasteiger partial charge in [-0.1, -0.05) is 0 Å². The van der Waals surface area contributed by atoms with Crippen molar-refractivity contribution >= 4 is 11.6 Å². The summed E-state index contributed by atoms with van der Waals surface area (Å²) in [6.07, 6.45) is 12.6. The maximum atomic E-state index is 6.07. The molecule has 0 saturated heterocycles. The Kier molecular flexibility index (Phi) is 2.75. The van der Waals surface area contributed by atoms with Crippen LogP contribution in [0.1, 0.15) is 69.1 Å². The highest BCUT2D eigenvalue weighted by atomic mass is 35.5. The molecule has 0 amide bonds. The van der Waals surface area contributed by atoms with Crippen molar-refractivity contribution in [2.45, 2.75) is 69.7 Å². The minimum Gasteiger partial charge on any atom is -0.311 e. The highest BCUT2D eigenvalue weighted by Gasteiger charge is 2.51. The van der Waals surface area contributed by atoms with Gasteiger partial charge in [0, 0.05) is 12.5 Å². The quantitative estimate of drug-likeness (QED) is 0.784. The van der Waals surface area contributed by atoms with Gasteiger partial charge in [0.25, 0.3) is 0 Å². The third-order valence-electron chi connectivity index (χ3n) is 6.57. The van der Waals surface area contributed by atoms with Gasteiger partial charge in [-0.2, -0.15) is 0 Å². The SMILES string of the molecule is ClCc1nnc(CC23CC4CC(CC(C4)C2)C3)n1C1CC1. The summed E-state index contributed by atoms with van der Waals surface area (Å²) in [7, 11) is 0. The first-order valence-electron chi connectivity index (χ1n) is 8.73. The van der Waals surface area contributed by atoms with Crippen molar-refractivity contribution in [3.8, 4) is 0 Å². The lowest BCUT2D eigenvalue weighted by molar-refractivity contribution is -0.0536. The van der Waals surface area contributed by atoms with E-state index in [4.69, 9.17) is 11.6 Å². The first-order valence-corrected chi connectivity index (χ1v) is 9.27. The molecule has 1 heterocycles. The molecule has 0 spiro atoms. The molecule has 4 heteroatoms. The molecular formula is C17H24ClN3. The summed E-state index contributed by atoms with van der Waals surface area (Å²) in [4.78, 5) is 0. The van der Waals surface area contributed by atoms with Crippen LogP contribution < -0.4 is 0 Å². The second-order valence-electron chi connectivity index (χ2n) is 8.36. The van der Waals surface area contributed by atoms with E-state index < -0.39 is 0 Å². The normalized spacial score (nSPS) is 40.9. The fraction of sp³-hybridized carbons (Fsp3) is 0.882. The zero-order chi connectivity index (χ0) is 14.0. The number of hydrogen-bond acceptors (Lipinski definition) is 2. The van der Waals surface area contributed by atoms with E-state index in [1.165, 1.54) is 57.2 Å². The predicted octanol–water partition coefficient (Wildman–Crippen LogP) is 4.11. The second kappa shape index (κ2) is 4.47. The Labute approximate surface area is 131 Å². The van der Waals surface area contributed by atoms with Crippen LogP contribution in [0.15, 0.2) is 0 Å². The number of aromatic nitrogens is 3. The standard InChI is InChI=1S/C17H24ClN3/c18-10-16-20-19-15(21(16)14-1-2-14)9-17-6-11-3-12(7-17)5-13(4-11)8-17/h11-14H,1-10H2. The Morgan fingerprint density at radius 2 is 1.52 bits per heavy atom. The minimum absolute atomic E-state index is 0.504. The van der Waals surface area contributed by atoms with E-state index in [0.717, 1.165) is 30.0 Å². The van der Waals surface area contributed by atoms with Crippen LogP contribution in [0.25, 0.3) is 0 Å². The van der Waals surface area contributed by atoms with Crippen molar-refractivity contribution in [1.29, 1.82) is 0 Å². The summed E-state index contributed by atoms with van der Waals surface area (Å²) in [5, 5.41) is 8.93. The number of nitrogens with zero attached hydrogens (tertiary/aromatic N) is 3. The van der Waals surface area contributed by atoms with E-state index in [1.807, 2.05) is 0 Å². The lowest BCUT2D eigenvalue weighted by atomic mass is 9.49. The molecule has 0 unspecified atom stereocenters. The highest BCUT2D eigenvalue weighted by Crippen LogP contribution is 2.61. The zero-order valence-corrected chi connectivity index (χ0v) is 13.4. The molecule has 0 aromatic carbocycles. The van der Waals surface area contributed by atoms with E-state index in [0.29, 0.717) is 17.3 Å². The van der Waals surface area contributed by atoms with Crippen LogP contribution in [0.5, 0.6) is 0 Å². The van der Waals surface area contributed by atoms with Crippen LogP contribution in [0, 0.1) is 23.2 Å². The highest BCUT2D eigenvalue weighted by molar-refractivity contribution is 6.16. The summed E-state index contributed by atoms with van der Waals surface area (Å²) < 4.78 is 2.39. The van der Waals surface area contributed by atoms with Gasteiger partial charge in [0.05, 0.1) is 5.88 Å². The van der Waals surface area contributed by atoms with Gasteiger partial charge in [0.1, 0.15) is 11.6 Å². The summed E-state index contributed by atoms with van der Waals surface area (Å²) >= 11 is 6.07. The predicted molar refractivity (Wildman–Crippen MR) is 82.2 cm³/mol. The molecule has 0 N–H and O–H groups in total. The molecule has 5 saturated carbocycles. The smallest absolute Gasteiger partial charge is 0.148 e. The van der Waals surface area contributed by atoms with Gasteiger partial charge >= 0.3 is 0 Å². The van der Waals surface area contributed by atoms with Crippen LogP contribution in [0.4, 0.5) is 0 Å². The Bertz CT molecular complexity index is 525. The molecule has 6 rings (SSSR count). The average Bonchev–Trinajstić information content (AvgIpc) is 3.19. The topological polar surface area (TPSA) is 30.7 Å². The van der Waals surface area contributed by atoms with Crippen LogP contribution in [0.3, 0.4) is 0 Å². The molecule has 21 heavy (non-hydrogen) atoms. The van der Waals surface area contributed by atoms with Gasteiger partial charge in [0.15, 0.2) is 0 Å². The van der Waals surface area contributed by atoms with Gasteiger partial charge in [-0.05, 0) is 74.5 Å². The van der Waals surface area contributed by atoms with E-state index in [2.05, 4.69) is 14.8 Å². The Balaban J connectivity index is 1.46. The largest absolute Gasteiger partial charge is 0.311 e. The van der Waals surface area contributed by atoms with Crippen molar-refractivity contribution in [2.75, 3.05) is 0 Å². The van der Waals surface area contributed by atoms with E-state index in [9.17, 15) is 0 Å². The molecular weight excluding hydrogens is 282 g/mol. The Hall–Kier alpha value is -0.570. The molecule has 0 aliphatic heterocycles. The van der Waals surface area contributed by atoms with Crippen molar-refractivity contribution < 1.29 is 0 Å². The molecule has 5 fully saturated rings. The molecule has 5 aliphatic rings. The zero-order valence-electron chi connectivity index (χ0n) is 12.6. The van der Waals surface area contributed by atoms with Gasteiger partial charge < -0.3 is 4.57 Å². The summed E-state index contributed by atoms with van der Waals surface area (Å²) in [6, 6.07) is 0.651. The lowest BCUT2D eigenvalue weighted by Gasteiger charge is -2.56. The van der Waals surface area contributed by atoms with E-state index in [1.54, 1.807) is 0 Å². The van der Waals surface area contributed by atoms with Crippen LogP contribution in [-0.2, 0) is 12.3 Å². The van der Waals surface area contributed by atoms with Crippen LogP contribution in [0.2, 0.25) is 0 Å². The van der Waals surface area contributed by atoms with Crippen LogP contribution in [-0.4, -0.2) is 14.8 Å². The molecule has 1 aromatic rings.